The average Bonchev–Trinajstić information content (AvgIpc) is 3.80. The Morgan fingerprint density at radius 1 is 0.708 bits per heavy atom. The van der Waals surface area contributed by atoms with Gasteiger partial charge in [-0.25, -0.2) is 4.98 Å². The minimum Gasteiger partial charge on any atom is -0.496 e. The summed E-state index contributed by atoms with van der Waals surface area (Å²) in [7, 11) is 3.33. The SMILES string of the molecule is COc1ccc(-c2cc(-c3cc(C)c(C)c(OC)c3)no2)cc1OCN1CCN(COc2cccc(-c3nc4ccccc4s3)c2)CC1. The highest BCUT2D eigenvalue weighted by Crippen LogP contribution is 2.36. The van der Waals surface area contributed by atoms with Gasteiger partial charge in [-0.15, -0.1) is 11.3 Å². The summed E-state index contributed by atoms with van der Waals surface area (Å²) in [5.41, 5.74) is 6.88. The number of hydrogen-bond acceptors (Lipinski definition) is 10. The minimum atomic E-state index is 0.447. The van der Waals surface area contributed by atoms with Crippen LogP contribution in [0.15, 0.2) is 89.5 Å². The Labute approximate surface area is 284 Å². The smallest absolute Gasteiger partial charge is 0.167 e. The summed E-state index contributed by atoms with van der Waals surface area (Å²) in [6.07, 6.45) is 0. The molecular weight excluding hydrogens is 625 g/mol. The van der Waals surface area contributed by atoms with Gasteiger partial charge in [0.15, 0.2) is 17.3 Å². The van der Waals surface area contributed by atoms with Crippen molar-refractivity contribution in [2.24, 2.45) is 0 Å². The van der Waals surface area contributed by atoms with E-state index in [0.717, 1.165) is 81.7 Å². The predicted octanol–water partition coefficient (Wildman–Crippen LogP) is 7.91. The molecule has 1 aliphatic rings. The van der Waals surface area contributed by atoms with E-state index in [1.807, 2.05) is 67.6 Å². The molecule has 0 N–H and O–H groups in total. The van der Waals surface area contributed by atoms with Crippen LogP contribution in [-0.2, 0) is 0 Å². The number of piperazine rings is 1. The molecule has 2 aromatic heterocycles. The van der Waals surface area contributed by atoms with Crippen LogP contribution in [-0.4, -0.2) is 73.8 Å². The maximum Gasteiger partial charge on any atom is 0.167 e. The largest absolute Gasteiger partial charge is 0.496 e. The summed E-state index contributed by atoms with van der Waals surface area (Å²) in [4.78, 5) is 9.39. The monoisotopic (exact) mass is 662 g/mol. The molecule has 1 saturated heterocycles. The molecule has 0 radical (unpaired) electrons. The van der Waals surface area contributed by atoms with Crippen LogP contribution in [0.2, 0.25) is 0 Å². The molecule has 246 valence electrons. The number of rotatable bonds is 11. The van der Waals surface area contributed by atoms with Gasteiger partial charge in [0.1, 0.15) is 35.7 Å². The number of thiazole rings is 1. The van der Waals surface area contributed by atoms with Gasteiger partial charge in [0.2, 0.25) is 0 Å². The maximum atomic E-state index is 6.29. The van der Waals surface area contributed by atoms with Gasteiger partial charge in [-0.05, 0) is 79.6 Å². The van der Waals surface area contributed by atoms with E-state index in [9.17, 15) is 0 Å². The van der Waals surface area contributed by atoms with Gasteiger partial charge in [-0.1, -0.05) is 29.4 Å². The fourth-order valence-corrected chi connectivity index (χ4v) is 6.73. The zero-order chi connectivity index (χ0) is 33.0. The van der Waals surface area contributed by atoms with Gasteiger partial charge in [0.05, 0.1) is 24.4 Å². The number of ether oxygens (including phenoxy) is 4. The molecule has 0 spiro atoms. The van der Waals surface area contributed by atoms with Crippen LogP contribution in [0.4, 0.5) is 0 Å². The van der Waals surface area contributed by atoms with Crippen LogP contribution in [0.1, 0.15) is 11.1 Å². The molecule has 48 heavy (non-hydrogen) atoms. The highest BCUT2D eigenvalue weighted by molar-refractivity contribution is 7.21. The number of fused-ring (bicyclic) bond motifs is 1. The molecule has 9 nitrogen and oxygen atoms in total. The Kier molecular flexibility index (Phi) is 9.29. The van der Waals surface area contributed by atoms with E-state index in [4.69, 9.17) is 28.5 Å². The van der Waals surface area contributed by atoms with Crippen molar-refractivity contribution < 1.29 is 23.5 Å². The lowest BCUT2D eigenvalue weighted by molar-refractivity contribution is 0.0325. The van der Waals surface area contributed by atoms with Crippen molar-refractivity contribution >= 4 is 21.6 Å². The fourth-order valence-electron chi connectivity index (χ4n) is 5.77. The Balaban J connectivity index is 0.935. The minimum absolute atomic E-state index is 0.447. The van der Waals surface area contributed by atoms with Crippen molar-refractivity contribution in [1.82, 2.24) is 19.9 Å². The molecule has 7 rings (SSSR count). The topological polar surface area (TPSA) is 82.3 Å². The van der Waals surface area contributed by atoms with Crippen molar-refractivity contribution in [1.29, 1.82) is 0 Å². The Morgan fingerprint density at radius 3 is 2.23 bits per heavy atom. The van der Waals surface area contributed by atoms with E-state index in [2.05, 4.69) is 46.1 Å². The molecule has 10 heteroatoms. The lowest BCUT2D eigenvalue weighted by Gasteiger charge is -2.34. The van der Waals surface area contributed by atoms with Crippen molar-refractivity contribution in [2.45, 2.75) is 13.8 Å². The molecule has 1 aliphatic heterocycles. The second-order valence-electron chi connectivity index (χ2n) is 11.9. The van der Waals surface area contributed by atoms with E-state index >= 15 is 0 Å². The Hall–Kier alpha value is -4.90. The van der Waals surface area contributed by atoms with Gasteiger partial charge >= 0.3 is 0 Å². The van der Waals surface area contributed by atoms with Crippen LogP contribution in [0.25, 0.3) is 43.4 Å². The van der Waals surface area contributed by atoms with Gasteiger partial charge in [-0.3, -0.25) is 9.80 Å². The highest BCUT2D eigenvalue weighted by atomic mass is 32.1. The number of benzene rings is 4. The molecular formula is C38H38N4O5S. The fraction of sp³-hybridized carbons (Fsp3) is 0.263. The van der Waals surface area contributed by atoms with Gasteiger partial charge < -0.3 is 23.5 Å². The molecule has 4 aromatic carbocycles. The molecule has 3 heterocycles. The first kappa shape index (κ1) is 31.7. The quantitative estimate of drug-likeness (QED) is 0.137. The summed E-state index contributed by atoms with van der Waals surface area (Å²) in [5.74, 6) is 3.64. The van der Waals surface area contributed by atoms with Crippen molar-refractivity contribution in [3.05, 3.63) is 96.1 Å². The third-order valence-electron chi connectivity index (χ3n) is 8.75. The standard InChI is InChI=1S/C38H38N4O5S/c1-25-18-29(21-34(44-4)26(25)2)32-22-35(47-40-32)27-12-13-33(43-3)36(20-27)46-24-42-16-14-41(15-17-42)23-45-30-9-7-8-28(19-30)38-39-31-10-5-6-11-37(31)48-38/h5-13,18-22H,14-17,23-24H2,1-4H3. The van der Waals surface area contributed by atoms with E-state index < -0.39 is 0 Å². The summed E-state index contributed by atoms with van der Waals surface area (Å²) >= 11 is 1.70. The second-order valence-corrected chi connectivity index (χ2v) is 12.9. The van der Waals surface area contributed by atoms with Crippen molar-refractivity contribution in [3.63, 3.8) is 0 Å². The third-order valence-corrected chi connectivity index (χ3v) is 9.84. The van der Waals surface area contributed by atoms with E-state index in [1.54, 1.807) is 25.6 Å². The number of nitrogens with zero attached hydrogens (tertiary/aromatic N) is 4. The van der Waals surface area contributed by atoms with Crippen LogP contribution in [0.3, 0.4) is 0 Å². The van der Waals surface area contributed by atoms with Gasteiger partial charge in [0, 0.05) is 48.9 Å². The lowest BCUT2D eigenvalue weighted by atomic mass is 10.0. The Bertz CT molecular complexity index is 2000. The number of para-hydroxylation sites is 1. The number of aryl methyl sites for hydroxylation is 1. The molecule has 0 unspecified atom stereocenters. The van der Waals surface area contributed by atoms with Crippen LogP contribution in [0, 0.1) is 13.8 Å². The first-order chi connectivity index (χ1) is 23.5. The average molecular weight is 663 g/mol. The van der Waals surface area contributed by atoms with Gasteiger partial charge in [-0.2, -0.15) is 0 Å². The molecule has 0 atom stereocenters. The third kappa shape index (κ3) is 6.87. The van der Waals surface area contributed by atoms with E-state index in [0.29, 0.717) is 30.7 Å². The highest BCUT2D eigenvalue weighted by Gasteiger charge is 2.19. The summed E-state index contributed by atoms with van der Waals surface area (Å²) in [6.45, 7) is 8.57. The van der Waals surface area contributed by atoms with E-state index in [-0.39, 0.29) is 0 Å². The van der Waals surface area contributed by atoms with Crippen molar-refractivity contribution in [3.8, 4) is 56.2 Å². The lowest BCUT2D eigenvalue weighted by Crippen LogP contribution is -2.48. The van der Waals surface area contributed by atoms with E-state index in [1.165, 1.54) is 4.70 Å². The van der Waals surface area contributed by atoms with Crippen LogP contribution in [0.5, 0.6) is 23.0 Å². The van der Waals surface area contributed by atoms with Crippen LogP contribution < -0.4 is 18.9 Å². The summed E-state index contributed by atoms with van der Waals surface area (Å²) in [5, 5.41) is 5.34. The zero-order valence-corrected chi connectivity index (χ0v) is 28.4. The summed E-state index contributed by atoms with van der Waals surface area (Å²) < 4.78 is 30.6. The van der Waals surface area contributed by atoms with Crippen molar-refractivity contribution in [2.75, 3.05) is 53.9 Å². The molecule has 1 fully saturated rings. The normalized spacial score (nSPS) is 13.9. The zero-order valence-electron chi connectivity index (χ0n) is 27.6. The van der Waals surface area contributed by atoms with Crippen LogP contribution >= 0.6 is 11.3 Å². The molecule has 0 amide bonds. The first-order valence-corrected chi connectivity index (χ1v) is 16.8. The maximum absolute atomic E-state index is 6.29. The molecule has 6 aromatic rings. The molecule has 0 saturated carbocycles. The number of methoxy groups -OCH3 is 2. The second kappa shape index (κ2) is 14.1. The molecule has 0 aliphatic carbocycles. The Morgan fingerprint density at radius 2 is 1.46 bits per heavy atom. The number of hydrogen-bond donors (Lipinski definition) is 0. The first-order valence-electron chi connectivity index (χ1n) is 15.9. The molecule has 0 bridgehead atoms. The predicted molar refractivity (Wildman–Crippen MR) is 189 cm³/mol. The summed E-state index contributed by atoms with van der Waals surface area (Å²) in [6, 6.07) is 28.2. The number of aromatic nitrogens is 2. The van der Waals surface area contributed by atoms with Gasteiger partial charge in [0.25, 0.3) is 0 Å².